The summed E-state index contributed by atoms with van der Waals surface area (Å²) in [5.41, 5.74) is 0. The largest absolute Gasteiger partial charge is 0.495 e. The summed E-state index contributed by atoms with van der Waals surface area (Å²) < 4.78 is 37.7. The van der Waals surface area contributed by atoms with Crippen LogP contribution in [0.2, 0.25) is 0 Å². The minimum atomic E-state index is -3.67. The topological polar surface area (TPSA) is 68.5 Å². The number of sulfonamides is 1. The van der Waals surface area contributed by atoms with E-state index in [4.69, 9.17) is 9.15 Å². The summed E-state index contributed by atoms with van der Waals surface area (Å²) in [7, 11) is -2.24. The first-order valence-electron chi connectivity index (χ1n) is 5.38. The lowest BCUT2D eigenvalue weighted by Crippen LogP contribution is -2.23. The molecular weight excluding hydrogens is 334 g/mol. The number of benzene rings is 1. The standard InChI is InChI=1S/C12H12BrNO4S/c1-17-11-5-4-9(13)7-12(11)19(15,16)14-8-10-3-2-6-18-10/h2-7,14H,8H2,1H3. The summed E-state index contributed by atoms with van der Waals surface area (Å²) >= 11 is 3.24. The van der Waals surface area contributed by atoms with Gasteiger partial charge in [-0.15, -0.1) is 0 Å². The number of hydrogen-bond donors (Lipinski definition) is 1. The Labute approximate surface area is 119 Å². The van der Waals surface area contributed by atoms with E-state index in [1.165, 1.54) is 19.4 Å². The van der Waals surface area contributed by atoms with Crippen molar-refractivity contribution in [2.45, 2.75) is 11.4 Å². The lowest BCUT2D eigenvalue weighted by atomic mass is 10.3. The van der Waals surface area contributed by atoms with Crippen LogP contribution < -0.4 is 9.46 Å². The maximum absolute atomic E-state index is 12.2. The smallest absolute Gasteiger partial charge is 0.244 e. The molecule has 0 fully saturated rings. The number of rotatable bonds is 5. The number of methoxy groups -OCH3 is 1. The summed E-state index contributed by atoms with van der Waals surface area (Å²) in [6, 6.07) is 8.18. The minimum absolute atomic E-state index is 0.0796. The van der Waals surface area contributed by atoms with Gasteiger partial charge in [-0.3, -0.25) is 0 Å². The van der Waals surface area contributed by atoms with Crippen LogP contribution in [0.1, 0.15) is 5.76 Å². The van der Waals surface area contributed by atoms with E-state index in [9.17, 15) is 8.42 Å². The van der Waals surface area contributed by atoms with Crippen molar-refractivity contribution in [1.29, 1.82) is 0 Å². The van der Waals surface area contributed by atoms with E-state index in [-0.39, 0.29) is 17.2 Å². The van der Waals surface area contributed by atoms with Gasteiger partial charge >= 0.3 is 0 Å². The van der Waals surface area contributed by atoms with Crippen LogP contribution in [0.5, 0.6) is 5.75 Å². The number of ether oxygens (including phenoxy) is 1. The number of nitrogens with one attached hydrogen (secondary N) is 1. The van der Waals surface area contributed by atoms with Crippen molar-refractivity contribution in [3.63, 3.8) is 0 Å². The Bertz CT molecular complexity index is 652. The van der Waals surface area contributed by atoms with Gasteiger partial charge < -0.3 is 9.15 Å². The third-order valence-corrected chi connectivity index (χ3v) is 4.35. The van der Waals surface area contributed by atoms with E-state index < -0.39 is 10.0 Å². The molecule has 2 rings (SSSR count). The van der Waals surface area contributed by atoms with E-state index in [2.05, 4.69) is 20.7 Å². The molecule has 0 amide bonds. The van der Waals surface area contributed by atoms with Gasteiger partial charge in [0, 0.05) is 4.47 Å². The SMILES string of the molecule is COc1ccc(Br)cc1S(=O)(=O)NCc1ccco1. The van der Waals surface area contributed by atoms with Crippen molar-refractivity contribution in [2.75, 3.05) is 7.11 Å². The van der Waals surface area contributed by atoms with Gasteiger partial charge in [0.15, 0.2) is 0 Å². The molecule has 0 radical (unpaired) electrons. The third kappa shape index (κ3) is 3.37. The van der Waals surface area contributed by atoms with Crippen LogP contribution in [-0.4, -0.2) is 15.5 Å². The van der Waals surface area contributed by atoms with Crippen molar-refractivity contribution in [1.82, 2.24) is 4.72 Å². The summed E-state index contributed by atoms with van der Waals surface area (Å²) in [5, 5.41) is 0. The monoisotopic (exact) mass is 345 g/mol. The molecule has 102 valence electrons. The van der Waals surface area contributed by atoms with Crippen LogP contribution in [0.25, 0.3) is 0 Å². The van der Waals surface area contributed by atoms with Crippen LogP contribution in [0.4, 0.5) is 0 Å². The van der Waals surface area contributed by atoms with E-state index in [1.54, 1.807) is 24.3 Å². The predicted octanol–water partition coefficient (Wildman–Crippen LogP) is 2.53. The highest BCUT2D eigenvalue weighted by molar-refractivity contribution is 9.10. The van der Waals surface area contributed by atoms with Crippen molar-refractivity contribution >= 4 is 26.0 Å². The fourth-order valence-corrected chi connectivity index (χ4v) is 3.22. The lowest BCUT2D eigenvalue weighted by Gasteiger charge is -2.10. The second-order valence-electron chi connectivity index (χ2n) is 3.70. The molecule has 0 aliphatic carbocycles. The highest BCUT2D eigenvalue weighted by Gasteiger charge is 2.20. The van der Waals surface area contributed by atoms with Gasteiger partial charge in [0.05, 0.1) is 19.9 Å². The maximum atomic E-state index is 12.2. The van der Waals surface area contributed by atoms with Gasteiger partial charge in [0.2, 0.25) is 10.0 Å². The van der Waals surface area contributed by atoms with E-state index in [1.807, 2.05) is 0 Å². The highest BCUT2D eigenvalue weighted by atomic mass is 79.9. The van der Waals surface area contributed by atoms with E-state index in [0.717, 1.165) is 0 Å². The zero-order valence-electron chi connectivity index (χ0n) is 10.1. The molecule has 0 spiro atoms. The molecular formula is C12H12BrNO4S. The minimum Gasteiger partial charge on any atom is -0.495 e. The Kier molecular flexibility index (Phi) is 4.28. The van der Waals surface area contributed by atoms with Crippen LogP contribution in [0, 0.1) is 0 Å². The molecule has 0 saturated carbocycles. The molecule has 0 aliphatic heterocycles. The summed E-state index contributed by atoms with van der Waals surface area (Å²) in [5.74, 6) is 0.827. The average molecular weight is 346 g/mol. The molecule has 5 nitrogen and oxygen atoms in total. The van der Waals surface area contributed by atoms with E-state index in [0.29, 0.717) is 10.2 Å². The average Bonchev–Trinajstić information content (AvgIpc) is 2.89. The summed E-state index contributed by atoms with van der Waals surface area (Å²) in [6.07, 6.45) is 1.49. The van der Waals surface area contributed by atoms with Crippen molar-refractivity contribution < 1.29 is 17.6 Å². The molecule has 2 aromatic rings. The Morgan fingerprint density at radius 3 is 2.79 bits per heavy atom. The molecule has 0 unspecified atom stereocenters. The van der Waals surface area contributed by atoms with Gasteiger partial charge in [0.25, 0.3) is 0 Å². The number of halogens is 1. The molecule has 7 heteroatoms. The predicted molar refractivity (Wildman–Crippen MR) is 73.4 cm³/mol. The third-order valence-electron chi connectivity index (χ3n) is 2.43. The second-order valence-corrected chi connectivity index (χ2v) is 6.35. The maximum Gasteiger partial charge on any atom is 0.244 e. The van der Waals surface area contributed by atoms with Crippen LogP contribution >= 0.6 is 15.9 Å². The van der Waals surface area contributed by atoms with Gasteiger partial charge in [-0.1, -0.05) is 15.9 Å². The molecule has 0 atom stereocenters. The lowest BCUT2D eigenvalue weighted by molar-refractivity contribution is 0.402. The van der Waals surface area contributed by atoms with Crippen molar-refractivity contribution in [3.05, 3.63) is 46.8 Å². The Hall–Kier alpha value is -1.31. The zero-order chi connectivity index (χ0) is 13.9. The van der Waals surface area contributed by atoms with Crippen molar-refractivity contribution in [2.24, 2.45) is 0 Å². The molecule has 0 saturated heterocycles. The number of furan rings is 1. The van der Waals surface area contributed by atoms with Gasteiger partial charge in [-0.2, -0.15) is 0 Å². The van der Waals surface area contributed by atoms with Crippen LogP contribution in [0.15, 0.2) is 50.4 Å². The molecule has 1 N–H and O–H groups in total. The molecule has 1 aromatic heterocycles. The first-order chi connectivity index (χ1) is 9.03. The van der Waals surface area contributed by atoms with Gasteiger partial charge in [-0.25, -0.2) is 13.1 Å². The molecule has 0 bridgehead atoms. The zero-order valence-corrected chi connectivity index (χ0v) is 12.5. The summed E-state index contributed by atoms with van der Waals surface area (Å²) in [4.78, 5) is 0.0796. The molecule has 0 aliphatic rings. The quantitative estimate of drug-likeness (QED) is 0.903. The first-order valence-corrected chi connectivity index (χ1v) is 7.66. The molecule has 1 aromatic carbocycles. The fraction of sp³-hybridized carbons (Fsp3) is 0.167. The summed E-state index contributed by atoms with van der Waals surface area (Å²) in [6.45, 7) is 0.0883. The normalized spacial score (nSPS) is 11.5. The van der Waals surface area contributed by atoms with E-state index >= 15 is 0 Å². The Morgan fingerprint density at radius 1 is 1.37 bits per heavy atom. The van der Waals surface area contributed by atoms with Crippen molar-refractivity contribution in [3.8, 4) is 5.75 Å². The van der Waals surface area contributed by atoms with Gasteiger partial charge in [-0.05, 0) is 30.3 Å². The fourth-order valence-electron chi connectivity index (χ4n) is 1.52. The number of hydrogen-bond acceptors (Lipinski definition) is 4. The Morgan fingerprint density at radius 2 is 2.16 bits per heavy atom. The van der Waals surface area contributed by atoms with Gasteiger partial charge in [0.1, 0.15) is 16.4 Å². The van der Waals surface area contributed by atoms with Crippen LogP contribution in [0.3, 0.4) is 0 Å². The Balaban J connectivity index is 2.26. The molecule has 1 heterocycles. The van der Waals surface area contributed by atoms with Crippen LogP contribution in [-0.2, 0) is 16.6 Å². The highest BCUT2D eigenvalue weighted by Crippen LogP contribution is 2.27. The second kappa shape index (κ2) is 5.77. The molecule has 19 heavy (non-hydrogen) atoms. The first kappa shape index (κ1) is 14.1.